The van der Waals surface area contributed by atoms with Gasteiger partial charge in [0.15, 0.2) is 11.5 Å². The number of thiophene rings is 1. The largest absolute Gasteiger partial charge is 0.360 e. The lowest BCUT2D eigenvalue weighted by atomic mass is 10.1. The molecule has 0 saturated carbocycles. The van der Waals surface area contributed by atoms with Crippen LogP contribution < -0.4 is 5.32 Å². The lowest BCUT2D eigenvalue weighted by Crippen LogP contribution is -2.28. The molecular formula is C26H37N7OSSi. The summed E-state index contributed by atoms with van der Waals surface area (Å²) in [4.78, 5) is 13.4. The molecule has 5 rings (SSSR count). The Bertz CT molecular complexity index is 1300. The zero-order valence-corrected chi connectivity index (χ0v) is 23.6. The van der Waals surface area contributed by atoms with Crippen LogP contribution in [0, 0.1) is 6.92 Å². The van der Waals surface area contributed by atoms with Crippen molar-refractivity contribution in [2.24, 2.45) is 0 Å². The van der Waals surface area contributed by atoms with E-state index in [1.807, 2.05) is 36.4 Å². The minimum absolute atomic E-state index is 0.465. The summed E-state index contributed by atoms with van der Waals surface area (Å²) >= 11 is 1.80. The van der Waals surface area contributed by atoms with E-state index >= 15 is 0 Å². The molecule has 10 heteroatoms. The Kier molecular flexibility index (Phi) is 7.56. The van der Waals surface area contributed by atoms with E-state index in [2.05, 4.69) is 51.5 Å². The van der Waals surface area contributed by atoms with Gasteiger partial charge in [0.2, 0.25) is 0 Å². The van der Waals surface area contributed by atoms with Crippen LogP contribution in [0.15, 0.2) is 36.9 Å². The van der Waals surface area contributed by atoms with Gasteiger partial charge >= 0.3 is 0 Å². The van der Waals surface area contributed by atoms with Crippen LogP contribution in [0.2, 0.25) is 25.7 Å². The van der Waals surface area contributed by atoms with E-state index < -0.39 is 8.07 Å². The fourth-order valence-corrected chi connectivity index (χ4v) is 6.20. The van der Waals surface area contributed by atoms with Gasteiger partial charge in [0.1, 0.15) is 6.73 Å². The molecule has 8 nitrogen and oxygen atoms in total. The van der Waals surface area contributed by atoms with Crippen LogP contribution in [0.25, 0.3) is 16.9 Å². The first kappa shape index (κ1) is 25.1. The zero-order valence-electron chi connectivity index (χ0n) is 21.8. The van der Waals surface area contributed by atoms with E-state index in [9.17, 15) is 0 Å². The number of fused-ring (bicyclic) bond motifs is 1. The second-order valence-corrected chi connectivity index (χ2v) is 17.7. The van der Waals surface area contributed by atoms with Gasteiger partial charge in [-0.1, -0.05) is 26.1 Å². The quantitative estimate of drug-likeness (QED) is 0.203. The van der Waals surface area contributed by atoms with E-state index in [-0.39, 0.29) is 0 Å². The topological polar surface area (TPSA) is 72.5 Å². The van der Waals surface area contributed by atoms with Crippen molar-refractivity contribution >= 4 is 35.9 Å². The van der Waals surface area contributed by atoms with Crippen LogP contribution in [-0.2, 0) is 18.0 Å². The average molecular weight is 524 g/mol. The third-order valence-corrected chi connectivity index (χ3v) is 9.18. The van der Waals surface area contributed by atoms with Crippen LogP contribution in [0.4, 0.5) is 10.8 Å². The molecular weight excluding hydrogens is 486 g/mol. The molecule has 1 aliphatic heterocycles. The van der Waals surface area contributed by atoms with Crippen molar-refractivity contribution in [1.82, 2.24) is 29.0 Å². The van der Waals surface area contributed by atoms with Crippen molar-refractivity contribution < 1.29 is 4.74 Å². The first-order valence-corrected chi connectivity index (χ1v) is 17.4. The number of piperidine rings is 1. The van der Waals surface area contributed by atoms with Crippen LogP contribution >= 0.6 is 11.3 Å². The number of nitrogens with zero attached hydrogens (tertiary/aromatic N) is 6. The maximum Gasteiger partial charge on any atom is 0.180 e. The number of aryl methyl sites for hydroxylation is 1. The number of nitrogens with one attached hydrogen (secondary N) is 1. The number of anilines is 2. The second kappa shape index (κ2) is 10.8. The first-order valence-electron chi connectivity index (χ1n) is 12.9. The molecule has 5 heterocycles. The molecule has 36 heavy (non-hydrogen) atoms. The highest BCUT2D eigenvalue weighted by Crippen LogP contribution is 2.30. The predicted octanol–water partition coefficient (Wildman–Crippen LogP) is 6.00. The fraction of sp³-hybridized carbons (Fsp3) is 0.500. The number of imidazole rings is 1. The Labute approximate surface area is 218 Å². The zero-order chi connectivity index (χ0) is 25.1. The van der Waals surface area contributed by atoms with Gasteiger partial charge in [0.25, 0.3) is 0 Å². The third-order valence-electron chi connectivity index (χ3n) is 6.49. The maximum absolute atomic E-state index is 5.86. The summed E-state index contributed by atoms with van der Waals surface area (Å²) in [7, 11) is -1.09. The number of rotatable bonds is 10. The predicted molar refractivity (Wildman–Crippen MR) is 150 cm³/mol. The molecule has 192 valence electrons. The van der Waals surface area contributed by atoms with E-state index in [0.29, 0.717) is 6.73 Å². The van der Waals surface area contributed by atoms with Crippen molar-refractivity contribution in [3.63, 3.8) is 0 Å². The van der Waals surface area contributed by atoms with Gasteiger partial charge < -0.3 is 10.1 Å². The Balaban J connectivity index is 1.29. The highest BCUT2D eigenvalue weighted by molar-refractivity contribution is 7.16. The van der Waals surface area contributed by atoms with Gasteiger partial charge in [-0.3, -0.25) is 9.30 Å². The van der Waals surface area contributed by atoms with Crippen molar-refractivity contribution in [2.45, 2.75) is 65.1 Å². The normalized spacial score (nSPS) is 15.1. The highest BCUT2D eigenvalue weighted by atomic mass is 32.1. The molecule has 0 unspecified atom stereocenters. The molecule has 4 aromatic rings. The van der Waals surface area contributed by atoms with Crippen molar-refractivity contribution in [1.29, 1.82) is 0 Å². The summed E-state index contributed by atoms with van der Waals surface area (Å²) in [6.07, 6.45) is 11.8. The molecule has 1 fully saturated rings. The summed E-state index contributed by atoms with van der Waals surface area (Å²) in [6, 6.07) is 5.53. The summed E-state index contributed by atoms with van der Waals surface area (Å²) in [5.41, 5.74) is 3.73. The van der Waals surface area contributed by atoms with E-state index in [1.54, 1.807) is 11.3 Å². The Morgan fingerprint density at radius 3 is 2.72 bits per heavy atom. The molecule has 0 amide bonds. The monoisotopic (exact) mass is 523 g/mol. The standard InChI is InChI=1S/C26H37N7OSSi/c1-20-16-33-23(21-14-28-32(17-21)19-34-12-13-36(2,3)4)15-27-26(33)25(29-20)30-24-9-8-22(35-24)18-31-10-6-5-7-11-31/h8-9,14-17H,5-7,10-13,18-19H2,1-4H3,(H,29,30). The average Bonchev–Trinajstić information content (AvgIpc) is 3.57. The number of hydrogen-bond acceptors (Lipinski definition) is 7. The fourth-order valence-electron chi connectivity index (χ4n) is 4.49. The minimum Gasteiger partial charge on any atom is -0.360 e. The lowest BCUT2D eigenvalue weighted by molar-refractivity contribution is 0.0786. The van der Waals surface area contributed by atoms with Crippen molar-refractivity contribution in [3.05, 3.63) is 47.5 Å². The lowest BCUT2D eigenvalue weighted by Gasteiger charge is -2.25. The Morgan fingerprint density at radius 2 is 1.92 bits per heavy atom. The second-order valence-electron chi connectivity index (χ2n) is 10.9. The van der Waals surface area contributed by atoms with Gasteiger partial charge in [0, 0.05) is 44.1 Å². The SMILES string of the molecule is Cc1cn2c(-c3cnn(COCC[Si](C)(C)C)c3)cnc2c(Nc2ccc(CN3CCCCC3)s2)n1. The smallest absolute Gasteiger partial charge is 0.180 e. The molecule has 1 N–H and O–H groups in total. The molecule has 1 saturated heterocycles. The van der Waals surface area contributed by atoms with Gasteiger partial charge in [-0.05, 0) is 51.0 Å². The van der Waals surface area contributed by atoms with Crippen molar-refractivity contribution in [3.8, 4) is 11.3 Å². The number of likely N-dealkylation sites (tertiary alicyclic amines) is 1. The first-order chi connectivity index (χ1) is 17.3. The summed E-state index contributed by atoms with van der Waals surface area (Å²) < 4.78 is 9.81. The van der Waals surface area contributed by atoms with Crippen LogP contribution in [0.5, 0.6) is 0 Å². The number of hydrogen-bond donors (Lipinski definition) is 1. The minimum atomic E-state index is -1.09. The molecule has 0 radical (unpaired) electrons. The van der Waals surface area contributed by atoms with Gasteiger partial charge in [-0.2, -0.15) is 5.10 Å². The Hall–Kier alpha value is -2.53. The third kappa shape index (κ3) is 6.23. The number of aromatic nitrogens is 5. The van der Waals surface area contributed by atoms with E-state index in [0.717, 1.165) is 52.6 Å². The Morgan fingerprint density at radius 1 is 1.08 bits per heavy atom. The number of ether oxygens (including phenoxy) is 1. The van der Waals surface area contributed by atoms with Crippen LogP contribution in [0.3, 0.4) is 0 Å². The maximum atomic E-state index is 5.86. The molecule has 0 aliphatic carbocycles. The highest BCUT2D eigenvalue weighted by Gasteiger charge is 2.16. The molecule has 0 bridgehead atoms. The molecule has 0 spiro atoms. The summed E-state index contributed by atoms with van der Waals surface area (Å²) in [5.74, 6) is 0.773. The molecule has 0 aromatic carbocycles. The summed E-state index contributed by atoms with van der Waals surface area (Å²) in [6.45, 7) is 13.8. The van der Waals surface area contributed by atoms with Gasteiger partial charge in [-0.15, -0.1) is 11.3 Å². The van der Waals surface area contributed by atoms with Gasteiger partial charge in [0.05, 0.1) is 28.8 Å². The molecule has 1 aliphatic rings. The van der Waals surface area contributed by atoms with E-state index in [4.69, 9.17) is 14.7 Å². The molecule has 0 atom stereocenters. The summed E-state index contributed by atoms with van der Waals surface area (Å²) in [5, 5.41) is 9.13. The molecule has 4 aromatic heterocycles. The van der Waals surface area contributed by atoms with Gasteiger partial charge in [-0.25, -0.2) is 14.6 Å². The van der Waals surface area contributed by atoms with Crippen LogP contribution in [0.1, 0.15) is 29.8 Å². The van der Waals surface area contributed by atoms with E-state index in [1.165, 1.54) is 37.2 Å². The van der Waals surface area contributed by atoms with Crippen LogP contribution in [-0.4, -0.2) is 56.8 Å². The van der Waals surface area contributed by atoms with Crippen molar-refractivity contribution in [2.75, 3.05) is 25.0 Å².